The lowest BCUT2D eigenvalue weighted by atomic mass is 10.1. The Bertz CT molecular complexity index is 402. The number of aliphatic imine (C=N–C) groups is 1. The van der Waals surface area contributed by atoms with Gasteiger partial charge in [-0.2, -0.15) is 0 Å². The predicted octanol–water partition coefficient (Wildman–Crippen LogP) is 1.09. The van der Waals surface area contributed by atoms with Crippen molar-refractivity contribution < 1.29 is 0 Å². The van der Waals surface area contributed by atoms with Crippen molar-refractivity contribution in [3.63, 3.8) is 0 Å². The first-order chi connectivity index (χ1) is 9.24. The fourth-order valence-corrected chi connectivity index (χ4v) is 2.44. The van der Waals surface area contributed by atoms with E-state index in [0.717, 1.165) is 26.1 Å². The zero-order valence-corrected chi connectivity index (χ0v) is 11.7. The first-order valence-electron chi connectivity index (χ1n) is 7.00. The molecule has 4 nitrogen and oxygen atoms in total. The van der Waals surface area contributed by atoms with Crippen molar-refractivity contribution in [1.29, 1.82) is 0 Å². The van der Waals surface area contributed by atoms with Crippen LogP contribution in [0.5, 0.6) is 0 Å². The lowest BCUT2D eigenvalue weighted by Crippen LogP contribution is -2.33. The minimum atomic E-state index is 0.575. The van der Waals surface area contributed by atoms with Crippen LogP contribution in [0, 0.1) is 5.92 Å². The van der Waals surface area contributed by atoms with Gasteiger partial charge in [0.2, 0.25) is 0 Å². The summed E-state index contributed by atoms with van der Waals surface area (Å²) in [5.41, 5.74) is 7.20. The molecule has 3 N–H and O–H groups in total. The number of benzene rings is 1. The van der Waals surface area contributed by atoms with E-state index in [2.05, 4.69) is 46.5 Å². The van der Waals surface area contributed by atoms with E-state index in [-0.39, 0.29) is 0 Å². The highest BCUT2D eigenvalue weighted by Gasteiger charge is 2.18. The fraction of sp³-hybridized carbons (Fsp3) is 0.533. The lowest BCUT2D eigenvalue weighted by Gasteiger charge is -2.09. The second-order valence-corrected chi connectivity index (χ2v) is 5.31. The number of likely N-dealkylation sites (tertiary alicyclic amines) is 1. The summed E-state index contributed by atoms with van der Waals surface area (Å²) in [6.45, 7) is 4.00. The summed E-state index contributed by atoms with van der Waals surface area (Å²) in [5, 5.41) is 3.18. The van der Waals surface area contributed by atoms with Crippen molar-refractivity contribution in [3.8, 4) is 0 Å². The monoisotopic (exact) mass is 260 g/mol. The molecule has 1 aliphatic heterocycles. The number of rotatable bonds is 5. The van der Waals surface area contributed by atoms with Crippen LogP contribution in [0.4, 0.5) is 0 Å². The Hall–Kier alpha value is -1.55. The van der Waals surface area contributed by atoms with E-state index in [1.807, 2.05) is 6.07 Å². The van der Waals surface area contributed by atoms with Crippen LogP contribution in [0.2, 0.25) is 0 Å². The van der Waals surface area contributed by atoms with Crippen LogP contribution >= 0.6 is 0 Å². The van der Waals surface area contributed by atoms with Gasteiger partial charge < -0.3 is 16.0 Å². The Kier molecular flexibility index (Phi) is 5.21. The van der Waals surface area contributed by atoms with Gasteiger partial charge in [0.1, 0.15) is 0 Å². The number of nitrogens with one attached hydrogen (secondary N) is 1. The second kappa shape index (κ2) is 7.14. The number of hydrogen-bond donors (Lipinski definition) is 2. The molecule has 1 heterocycles. The third-order valence-corrected chi connectivity index (χ3v) is 3.57. The molecule has 1 aromatic carbocycles. The zero-order valence-electron chi connectivity index (χ0n) is 11.7. The van der Waals surface area contributed by atoms with E-state index in [9.17, 15) is 0 Å². The summed E-state index contributed by atoms with van der Waals surface area (Å²) in [4.78, 5) is 6.77. The molecule has 0 aliphatic carbocycles. The molecule has 0 bridgehead atoms. The highest BCUT2D eigenvalue weighted by molar-refractivity contribution is 5.77. The molecule has 19 heavy (non-hydrogen) atoms. The lowest BCUT2D eigenvalue weighted by molar-refractivity contribution is 0.397. The molecule has 0 saturated carbocycles. The molecular weight excluding hydrogens is 236 g/mol. The molecule has 1 atom stereocenters. The topological polar surface area (TPSA) is 53.6 Å². The van der Waals surface area contributed by atoms with Crippen LogP contribution in [-0.4, -0.2) is 44.1 Å². The summed E-state index contributed by atoms with van der Waals surface area (Å²) >= 11 is 0. The molecule has 1 aliphatic rings. The van der Waals surface area contributed by atoms with E-state index in [4.69, 9.17) is 5.73 Å². The van der Waals surface area contributed by atoms with Gasteiger partial charge in [0.25, 0.3) is 0 Å². The third kappa shape index (κ3) is 4.91. The summed E-state index contributed by atoms with van der Waals surface area (Å²) in [6, 6.07) is 10.4. The molecule has 4 heteroatoms. The molecular formula is C15H24N4. The molecule has 1 saturated heterocycles. The van der Waals surface area contributed by atoms with Gasteiger partial charge in [-0.05, 0) is 37.9 Å². The van der Waals surface area contributed by atoms with E-state index >= 15 is 0 Å². The van der Waals surface area contributed by atoms with Crippen molar-refractivity contribution in [2.45, 2.75) is 12.8 Å². The van der Waals surface area contributed by atoms with Crippen LogP contribution < -0.4 is 11.1 Å². The van der Waals surface area contributed by atoms with Crippen LogP contribution in [-0.2, 0) is 6.42 Å². The summed E-state index contributed by atoms with van der Waals surface area (Å²) in [7, 11) is 2.16. The number of hydrogen-bond acceptors (Lipinski definition) is 2. The highest BCUT2D eigenvalue weighted by Crippen LogP contribution is 2.13. The largest absolute Gasteiger partial charge is 0.370 e. The van der Waals surface area contributed by atoms with E-state index in [0.29, 0.717) is 11.9 Å². The second-order valence-electron chi connectivity index (χ2n) is 5.31. The number of guanidine groups is 1. The van der Waals surface area contributed by atoms with Gasteiger partial charge in [0.15, 0.2) is 5.96 Å². The maximum atomic E-state index is 5.88. The van der Waals surface area contributed by atoms with Crippen LogP contribution in [0.15, 0.2) is 35.3 Å². The Balaban J connectivity index is 1.65. The molecule has 0 spiro atoms. The minimum Gasteiger partial charge on any atom is -0.370 e. The first-order valence-corrected chi connectivity index (χ1v) is 7.00. The normalized spacial score (nSPS) is 20.7. The molecule has 0 aromatic heterocycles. The van der Waals surface area contributed by atoms with Crippen molar-refractivity contribution in [2.24, 2.45) is 16.6 Å². The molecule has 1 unspecified atom stereocenters. The molecule has 2 rings (SSSR count). The Labute approximate surface area is 115 Å². The zero-order chi connectivity index (χ0) is 13.5. The van der Waals surface area contributed by atoms with E-state index in [1.165, 1.54) is 18.5 Å². The summed E-state index contributed by atoms with van der Waals surface area (Å²) in [5.74, 6) is 1.24. The van der Waals surface area contributed by atoms with Gasteiger partial charge in [-0.25, -0.2) is 0 Å². The third-order valence-electron chi connectivity index (χ3n) is 3.57. The van der Waals surface area contributed by atoms with Gasteiger partial charge >= 0.3 is 0 Å². The molecule has 0 amide bonds. The first kappa shape index (κ1) is 13.9. The maximum Gasteiger partial charge on any atom is 0.188 e. The smallest absolute Gasteiger partial charge is 0.188 e. The maximum absolute atomic E-state index is 5.88. The van der Waals surface area contributed by atoms with Crippen molar-refractivity contribution in [2.75, 3.05) is 33.2 Å². The van der Waals surface area contributed by atoms with E-state index in [1.54, 1.807) is 0 Å². The fourth-order valence-electron chi connectivity index (χ4n) is 2.44. The highest BCUT2D eigenvalue weighted by atomic mass is 15.1. The van der Waals surface area contributed by atoms with Crippen molar-refractivity contribution in [3.05, 3.63) is 35.9 Å². The standard InChI is InChI=1S/C15H24N4/c1-19-10-8-14(12-19)11-18-15(16)17-9-7-13-5-3-2-4-6-13/h2-6,14H,7-12H2,1H3,(H3,16,17,18). The van der Waals surface area contributed by atoms with Crippen LogP contribution in [0.3, 0.4) is 0 Å². The molecule has 1 fully saturated rings. The summed E-state index contributed by atoms with van der Waals surface area (Å²) in [6.07, 6.45) is 2.21. The minimum absolute atomic E-state index is 0.575. The van der Waals surface area contributed by atoms with Crippen LogP contribution in [0.1, 0.15) is 12.0 Å². The average Bonchev–Trinajstić information content (AvgIpc) is 2.83. The molecule has 104 valence electrons. The molecule has 0 radical (unpaired) electrons. The quantitative estimate of drug-likeness (QED) is 0.615. The van der Waals surface area contributed by atoms with Gasteiger partial charge in [-0.15, -0.1) is 0 Å². The Morgan fingerprint density at radius 3 is 2.89 bits per heavy atom. The van der Waals surface area contributed by atoms with Crippen LogP contribution in [0.25, 0.3) is 0 Å². The van der Waals surface area contributed by atoms with Gasteiger partial charge in [-0.1, -0.05) is 30.3 Å². The predicted molar refractivity (Wildman–Crippen MR) is 80.2 cm³/mol. The van der Waals surface area contributed by atoms with Gasteiger partial charge in [-0.3, -0.25) is 4.99 Å². The summed E-state index contributed by atoms with van der Waals surface area (Å²) < 4.78 is 0. The number of nitrogens with zero attached hydrogens (tertiary/aromatic N) is 2. The van der Waals surface area contributed by atoms with Gasteiger partial charge in [0, 0.05) is 19.6 Å². The van der Waals surface area contributed by atoms with E-state index < -0.39 is 0 Å². The van der Waals surface area contributed by atoms with Gasteiger partial charge in [0.05, 0.1) is 0 Å². The van der Waals surface area contributed by atoms with Crippen molar-refractivity contribution >= 4 is 5.96 Å². The molecule has 1 aromatic rings. The average molecular weight is 260 g/mol. The Morgan fingerprint density at radius 1 is 1.42 bits per heavy atom. The Morgan fingerprint density at radius 2 is 2.21 bits per heavy atom. The van der Waals surface area contributed by atoms with Crippen molar-refractivity contribution in [1.82, 2.24) is 10.2 Å². The number of nitrogens with two attached hydrogens (primary N) is 1. The SMILES string of the molecule is CN1CCC(CN=C(N)NCCc2ccccc2)C1.